The molecule has 0 aliphatic carbocycles. The molecule has 1 aromatic rings. The number of morpholine rings is 1. The van der Waals surface area contributed by atoms with Gasteiger partial charge in [0.25, 0.3) is 0 Å². The van der Waals surface area contributed by atoms with Gasteiger partial charge in [0.2, 0.25) is 0 Å². The number of nitrogens with zero attached hydrogens (tertiary/aromatic N) is 2. The molecule has 1 N–H and O–H groups in total. The number of halogens is 2. The average Bonchev–Trinajstić information content (AvgIpc) is 2.88. The van der Waals surface area contributed by atoms with Gasteiger partial charge < -0.3 is 14.8 Å². The lowest BCUT2D eigenvalue weighted by atomic mass is 9.90. The molecular formula is C21H35Cl2N3O2. The molecule has 3 aliphatic rings. The van der Waals surface area contributed by atoms with Gasteiger partial charge in [0.15, 0.2) is 0 Å². The summed E-state index contributed by atoms with van der Waals surface area (Å²) in [6.07, 6.45) is 3.70. The fraction of sp³-hybridized carbons (Fsp3) is 0.714. The number of hydrogen-bond donors (Lipinski definition) is 1. The zero-order valence-corrected chi connectivity index (χ0v) is 18.3. The third-order valence-corrected chi connectivity index (χ3v) is 5.99. The van der Waals surface area contributed by atoms with Crippen molar-refractivity contribution in [3.63, 3.8) is 0 Å². The van der Waals surface area contributed by atoms with Gasteiger partial charge >= 0.3 is 0 Å². The molecule has 5 nitrogen and oxygen atoms in total. The van der Waals surface area contributed by atoms with E-state index in [1.54, 1.807) is 0 Å². The Balaban J connectivity index is 0.00000140. The summed E-state index contributed by atoms with van der Waals surface area (Å²) in [7, 11) is 0. The molecule has 1 unspecified atom stereocenters. The molecule has 0 aromatic heterocycles. The number of ether oxygens (including phenoxy) is 2. The second-order valence-electron chi connectivity index (χ2n) is 8.08. The van der Waals surface area contributed by atoms with Crippen molar-refractivity contribution in [2.75, 3.05) is 59.0 Å². The van der Waals surface area contributed by atoms with Crippen molar-refractivity contribution in [1.82, 2.24) is 15.1 Å². The first-order valence-corrected chi connectivity index (χ1v) is 10.3. The summed E-state index contributed by atoms with van der Waals surface area (Å²) >= 11 is 0. The summed E-state index contributed by atoms with van der Waals surface area (Å²) in [5, 5.41) is 3.46. The molecule has 3 aliphatic heterocycles. The van der Waals surface area contributed by atoms with Crippen LogP contribution in [0, 0.1) is 0 Å². The molecule has 1 atom stereocenters. The van der Waals surface area contributed by atoms with Crippen molar-refractivity contribution in [1.29, 1.82) is 0 Å². The normalized spacial score (nSPS) is 26.1. The molecule has 0 bridgehead atoms. The van der Waals surface area contributed by atoms with Crippen LogP contribution in [-0.4, -0.2) is 80.5 Å². The van der Waals surface area contributed by atoms with Crippen molar-refractivity contribution in [2.45, 2.75) is 37.5 Å². The monoisotopic (exact) mass is 431 g/mol. The van der Waals surface area contributed by atoms with Gasteiger partial charge in [-0.05, 0) is 37.9 Å². The number of rotatable bonds is 4. The highest BCUT2D eigenvalue weighted by Crippen LogP contribution is 2.27. The largest absolute Gasteiger partial charge is 0.376 e. The van der Waals surface area contributed by atoms with Crippen molar-refractivity contribution >= 4 is 24.8 Å². The molecule has 0 radical (unpaired) electrons. The quantitative estimate of drug-likeness (QED) is 0.792. The molecule has 7 heteroatoms. The van der Waals surface area contributed by atoms with Crippen LogP contribution in [0.25, 0.3) is 0 Å². The van der Waals surface area contributed by atoms with E-state index in [1.165, 1.54) is 5.56 Å². The Bertz CT molecular complexity index is 552. The summed E-state index contributed by atoms with van der Waals surface area (Å²) in [5.41, 5.74) is 1.48. The molecule has 28 heavy (non-hydrogen) atoms. The molecule has 0 saturated carbocycles. The zero-order chi connectivity index (χ0) is 17.7. The van der Waals surface area contributed by atoms with Crippen LogP contribution in [0.1, 0.15) is 24.8 Å². The highest BCUT2D eigenvalue weighted by Gasteiger charge is 2.38. The molecule has 3 fully saturated rings. The van der Waals surface area contributed by atoms with Crippen LogP contribution in [0.5, 0.6) is 0 Å². The van der Waals surface area contributed by atoms with Crippen LogP contribution in [0.2, 0.25) is 0 Å². The number of benzene rings is 1. The average molecular weight is 432 g/mol. The van der Waals surface area contributed by atoms with Crippen LogP contribution in [0.3, 0.4) is 0 Å². The van der Waals surface area contributed by atoms with E-state index in [1.807, 2.05) is 0 Å². The summed E-state index contributed by atoms with van der Waals surface area (Å²) in [4.78, 5) is 5.15. The van der Waals surface area contributed by atoms with Crippen LogP contribution >= 0.6 is 24.8 Å². The Morgan fingerprint density at radius 1 is 1.00 bits per heavy atom. The summed E-state index contributed by atoms with van der Waals surface area (Å²) < 4.78 is 12.4. The lowest BCUT2D eigenvalue weighted by Crippen LogP contribution is -2.57. The lowest BCUT2D eigenvalue weighted by molar-refractivity contribution is -0.130. The Morgan fingerprint density at radius 2 is 1.79 bits per heavy atom. The highest BCUT2D eigenvalue weighted by atomic mass is 35.5. The maximum absolute atomic E-state index is 6.22. The minimum atomic E-state index is 0. The minimum Gasteiger partial charge on any atom is -0.376 e. The first-order chi connectivity index (χ1) is 12.8. The van der Waals surface area contributed by atoms with Gasteiger partial charge in [-0.2, -0.15) is 0 Å². The fourth-order valence-corrected chi connectivity index (χ4v) is 4.62. The van der Waals surface area contributed by atoms with Crippen LogP contribution in [0.15, 0.2) is 30.3 Å². The molecule has 160 valence electrons. The van der Waals surface area contributed by atoms with Crippen molar-refractivity contribution in [3.8, 4) is 0 Å². The van der Waals surface area contributed by atoms with Gasteiger partial charge in [-0.3, -0.25) is 9.80 Å². The lowest BCUT2D eigenvalue weighted by Gasteiger charge is -2.46. The molecule has 4 rings (SSSR count). The molecular weight excluding hydrogens is 397 g/mol. The van der Waals surface area contributed by atoms with Gasteiger partial charge in [0.1, 0.15) is 0 Å². The van der Waals surface area contributed by atoms with E-state index in [9.17, 15) is 0 Å². The Labute approximate surface area is 181 Å². The van der Waals surface area contributed by atoms with E-state index in [0.29, 0.717) is 6.10 Å². The number of piperidine rings is 1. The molecule has 0 amide bonds. The predicted octanol–water partition coefficient (Wildman–Crippen LogP) is 2.58. The first kappa shape index (κ1) is 23.9. The summed E-state index contributed by atoms with van der Waals surface area (Å²) in [6, 6.07) is 10.8. The van der Waals surface area contributed by atoms with E-state index in [0.717, 1.165) is 84.8 Å². The number of hydrogen-bond acceptors (Lipinski definition) is 5. The standard InChI is InChI=1S/C21H33N3O2.2ClH/c1-2-5-19(6-3-1)15-23-11-4-13-25-20(16-23)17-24-12-14-26-21(18-24)7-9-22-10-8-21;;/h1-3,5-6,20,22H,4,7-18H2;2*1H. The second-order valence-corrected chi connectivity index (χ2v) is 8.08. The smallest absolute Gasteiger partial charge is 0.0833 e. The van der Waals surface area contributed by atoms with Gasteiger partial charge in [-0.25, -0.2) is 0 Å². The van der Waals surface area contributed by atoms with Gasteiger partial charge in [-0.1, -0.05) is 30.3 Å². The van der Waals surface area contributed by atoms with Gasteiger partial charge in [0, 0.05) is 45.9 Å². The van der Waals surface area contributed by atoms with Crippen molar-refractivity contribution in [3.05, 3.63) is 35.9 Å². The third kappa shape index (κ3) is 6.56. The van der Waals surface area contributed by atoms with Crippen LogP contribution in [-0.2, 0) is 16.0 Å². The highest BCUT2D eigenvalue weighted by molar-refractivity contribution is 5.85. The maximum atomic E-state index is 6.22. The molecule has 3 saturated heterocycles. The molecule has 3 heterocycles. The Kier molecular flexibility index (Phi) is 9.98. The van der Waals surface area contributed by atoms with Gasteiger partial charge in [-0.15, -0.1) is 24.8 Å². The minimum absolute atomic E-state index is 0. The fourth-order valence-electron chi connectivity index (χ4n) is 4.62. The van der Waals surface area contributed by atoms with Crippen molar-refractivity contribution < 1.29 is 9.47 Å². The molecule has 1 aromatic carbocycles. The second kappa shape index (κ2) is 11.7. The summed E-state index contributed by atoms with van der Waals surface area (Å²) in [6.45, 7) is 10.2. The van der Waals surface area contributed by atoms with E-state index in [-0.39, 0.29) is 30.4 Å². The number of nitrogens with one attached hydrogen (secondary N) is 1. The Hall–Kier alpha value is -0.400. The maximum Gasteiger partial charge on any atom is 0.0833 e. The molecule has 1 spiro atoms. The first-order valence-electron chi connectivity index (χ1n) is 10.3. The zero-order valence-electron chi connectivity index (χ0n) is 16.7. The predicted molar refractivity (Wildman–Crippen MR) is 118 cm³/mol. The van der Waals surface area contributed by atoms with E-state index in [4.69, 9.17) is 9.47 Å². The van der Waals surface area contributed by atoms with Crippen LogP contribution < -0.4 is 5.32 Å². The topological polar surface area (TPSA) is 37.0 Å². The van der Waals surface area contributed by atoms with E-state index >= 15 is 0 Å². The SMILES string of the molecule is Cl.Cl.c1ccc(CN2CCCOC(CN3CCOC4(CCNCC4)C3)C2)cc1. The van der Waals surface area contributed by atoms with Crippen molar-refractivity contribution in [2.24, 2.45) is 0 Å². The third-order valence-electron chi connectivity index (χ3n) is 5.99. The van der Waals surface area contributed by atoms with E-state index in [2.05, 4.69) is 45.4 Å². The van der Waals surface area contributed by atoms with Crippen LogP contribution in [0.4, 0.5) is 0 Å². The Morgan fingerprint density at radius 3 is 2.57 bits per heavy atom. The summed E-state index contributed by atoms with van der Waals surface area (Å²) in [5.74, 6) is 0. The van der Waals surface area contributed by atoms with Gasteiger partial charge in [0.05, 0.1) is 18.3 Å². The van der Waals surface area contributed by atoms with E-state index < -0.39 is 0 Å².